The van der Waals surface area contributed by atoms with E-state index in [2.05, 4.69) is 5.32 Å². The maximum Gasteiger partial charge on any atom is 0.232 e. The highest BCUT2D eigenvalue weighted by Gasteiger charge is 2.08. The fraction of sp³-hybridized carbons (Fsp3) is 0.167. The van der Waals surface area contributed by atoms with Crippen LogP contribution >= 0.6 is 23.2 Å². The van der Waals surface area contributed by atoms with Gasteiger partial charge < -0.3 is 5.32 Å². The third-order valence-corrected chi connectivity index (χ3v) is 2.16. The number of benzene rings is 1. The topological polar surface area (TPSA) is 46.2 Å². The Morgan fingerprint density at radius 3 is 2.35 bits per heavy atom. The van der Waals surface area contributed by atoms with Gasteiger partial charge in [-0.3, -0.25) is 9.59 Å². The summed E-state index contributed by atoms with van der Waals surface area (Å²) in [5.74, 6) is -0.834. The summed E-state index contributed by atoms with van der Waals surface area (Å²) in [5, 5.41) is 2.60. The molecule has 0 atom stereocenters. The first kappa shape index (κ1) is 13.7. The summed E-state index contributed by atoms with van der Waals surface area (Å²) < 4.78 is -0.155. The minimum Gasteiger partial charge on any atom is -0.326 e. The lowest BCUT2D eigenvalue weighted by Crippen LogP contribution is -2.15. The summed E-state index contributed by atoms with van der Waals surface area (Å²) in [4.78, 5) is 22.6. The fourth-order valence-electron chi connectivity index (χ4n) is 1.17. The number of rotatable bonds is 4. The number of allylic oxidation sites excluding steroid dienone is 1. The van der Waals surface area contributed by atoms with Crippen LogP contribution in [0.4, 0.5) is 5.69 Å². The van der Waals surface area contributed by atoms with E-state index in [4.69, 9.17) is 23.2 Å². The summed E-state index contributed by atoms with van der Waals surface area (Å²) in [6, 6.07) is 7.27. The molecule has 0 spiro atoms. The van der Waals surface area contributed by atoms with E-state index >= 15 is 0 Å². The number of halogens is 2. The van der Waals surface area contributed by atoms with Crippen molar-refractivity contribution in [2.24, 2.45) is 0 Å². The smallest absolute Gasteiger partial charge is 0.232 e. The second-order valence-electron chi connectivity index (χ2n) is 3.49. The number of nitrogens with one attached hydrogen (secondary N) is 1. The van der Waals surface area contributed by atoms with E-state index in [1.165, 1.54) is 0 Å². The summed E-state index contributed by atoms with van der Waals surface area (Å²) in [5.41, 5.74) is 1.74. The van der Waals surface area contributed by atoms with Crippen LogP contribution in [-0.4, -0.2) is 11.7 Å². The van der Waals surface area contributed by atoms with Crippen molar-refractivity contribution in [3.63, 3.8) is 0 Å². The predicted octanol–water partition coefficient (Wildman–Crippen LogP) is 3.21. The van der Waals surface area contributed by atoms with Crippen LogP contribution in [0.15, 0.2) is 34.8 Å². The Bertz CT molecular complexity index is 448. The molecule has 0 aliphatic heterocycles. The van der Waals surface area contributed by atoms with Gasteiger partial charge in [0.1, 0.15) is 4.49 Å². The van der Waals surface area contributed by atoms with Gasteiger partial charge >= 0.3 is 0 Å². The molecule has 0 unspecified atom stereocenters. The molecule has 0 aliphatic rings. The summed E-state index contributed by atoms with van der Waals surface area (Å²) in [7, 11) is 0. The first-order valence-electron chi connectivity index (χ1n) is 4.89. The molecule has 90 valence electrons. The number of carbonyl (C=O) groups excluding carboxylic acids is 2. The summed E-state index contributed by atoms with van der Waals surface area (Å²) >= 11 is 10.6. The van der Waals surface area contributed by atoms with E-state index in [1.54, 1.807) is 12.1 Å². The van der Waals surface area contributed by atoms with Crippen LogP contribution in [0.1, 0.15) is 12.0 Å². The number of amides is 1. The summed E-state index contributed by atoms with van der Waals surface area (Å²) in [6.45, 7) is 1.95. The van der Waals surface area contributed by atoms with Crippen LogP contribution in [0.2, 0.25) is 0 Å². The molecule has 0 bridgehead atoms. The number of aryl methyl sites for hydroxylation is 1. The normalized spacial score (nSPS) is 9.59. The Morgan fingerprint density at radius 1 is 1.24 bits per heavy atom. The van der Waals surface area contributed by atoms with Crippen LogP contribution in [-0.2, 0) is 9.59 Å². The van der Waals surface area contributed by atoms with Crippen molar-refractivity contribution in [3.8, 4) is 0 Å². The van der Waals surface area contributed by atoms with Crippen molar-refractivity contribution in [1.29, 1.82) is 0 Å². The molecular formula is C12H11Cl2NO2. The number of ketones is 1. The highest BCUT2D eigenvalue weighted by molar-refractivity contribution is 6.56. The molecule has 0 saturated carbocycles. The Balaban J connectivity index is 2.53. The number of hydrogen-bond acceptors (Lipinski definition) is 2. The highest BCUT2D eigenvalue weighted by Crippen LogP contribution is 2.10. The fourth-order valence-corrected chi connectivity index (χ4v) is 1.42. The molecule has 1 aromatic rings. The minimum absolute atomic E-state index is 0.155. The first-order valence-corrected chi connectivity index (χ1v) is 5.65. The summed E-state index contributed by atoms with van der Waals surface area (Å²) in [6.07, 6.45) is 0.731. The highest BCUT2D eigenvalue weighted by atomic mass is 35.5. The van der Waals surface area contributed by atoms with Crippen molar-refractivity contribution < 1.29 is 9.59 Å². The number of carbonyl (C=O) groups is 2. The van der Waals surface area contributed by atoms with Gasteiger partial charge in [0.25, 0.3) is 0 Å². The van der Waals surface area contributed by atoms with Gasteiger partial charge in [0.15, 0.2) is 5.78 Å². The first-order chi connectivity index (χ1) is 7.97. The molecule has 1 amide bonds. The molecule has 0 aromatic heterocycles. The van der Waals surface area contributed by atoms with Gasteiger partial charge in [-0.05, 0) is 19.1 Å². The van der Waals surface area contributed by atoms with Crippen molar-refractivity contribution >= 4 is 40.6 Å². The second-order valence-corrected chi connectivity index (χ2v) is 4.50. The van der Waals surface area contributed by atoms with Crippen molar-refractivity contribution in [2.45, 2.75) is 13.3 Å². The van der Waals surface area contributed by atoms with Crippen molar-refractivity contribution in [3.05, 3.63) is 40.4 Å². The maximum atomic E-state index is 11.4. The van der Waals surface area contributed by atoms with Gasteiger partial charge in [0.2, 0.25) is 5.91 Å². The molecule has 3 nitrogen and oxygen atoms in total. The van der Waals surface area contributed by atoms with Gasteiger partial charge in [-0.2, -0.15) is 0 Å². The monoisotopic (exact) mass is 271 g/mol. The Hall–Kier alpha value is -1.32. The molecule has 5 heteroatoms. The quantitative estimate of drug-likeness (QED) is 0.675. The van der Waals surface area contributed by atoms with E-state index in [1.807, 2.05) is 19.1 Å². The zero-order chi connectivity index (χ0) is 12.8. The molecule has 0 radical (unpaired) electrons. The molecule has 0 heterocycles. The van der Waals surface area contributed by atoms with Crippen LogP contribution in [0.25, 0.3) is 0 Å². The second kappa shape index (κ2) is 6.42. The third kappa shape index (κ3) is 5.52. The molecule has 0 saturated heterocycles. The molecule has 1 rings (SSSR count). The third-order valence-electron chi connectivity index (χ3n) is 1.94. The SMILES string of the molecule is Cc1ccc(NC(=O)CC(=O)C=C(Cl)Cl)cc1. The van der Waals surface area contributed by atoms with Crippen LogP contribution in [0, 0.1) is 6.92 Å². The van der Waals surface area contributed by atoms with Gasteiger partial charge in [-0.25, -0.2) is 0 Å². The molecule has 0 aliphatic carbocycles. The lowest BCUT2D eigenvalue weighted by Gasteiger charge is -2.03. The zero-order valence-corrected chi connectivity index (χ0v) is 10.7. The van der Waals surface area contributed by atoms with E-state index in [9.17, 15) is 9.59 Å². The average molecular weight is 272 g/mol. The van der Waals surface area contributed by atoms with Crippen LogP contribution in [0.5, 0.6) is 0 Å². The van der Waals surface area contributed by atoms with Crippen molar-refractivity contribution in [2.75, 3.05) is 5.32 Å². The van der Waals surface area contributed by atoms with Gasteiger partial charge in [-0.15, -0.1) is 0 Å². The van der Waals surface area contributed by atoms with Gasteiger partial charge in [0.05, 0.1) is 6.42 Å². The Morgan fingerprint density at radius 2 is 1.82 bits per heavy atom. The standard InChI is InChI=1S/C12H11Cl2NO2/c1-8-2-4-9(5-3-8)15-12(17)7-10(16)6-11(13)14/h2-6H,7H2,1H3,(H,15,17). The number of hydrogen-bond donors (Lipinski definition) is 1. The van der Waals surface area contributed by atoms with E-state index in [0.29, 0.717) is 5.69 Å². The maximum absolute atomic E-state index is 11.4. The van der Waals surface area contributed by atoms with E-state index in [0.717, 1.165) is 11.6 Å². The average Bonchev–Trinajstić information content (AvgIpc) is 2.19. The number of anilines is 1. The largest absolute Gasteiger partial charge is 0.326 e. The zero-order valence-electron chi connectivity index (χ0n) is 9.17. The minimum atomic E-state index is -0.436. The molecule has 1 aromatic carbocycles. The molecular weight excluding hydrogens is 261 g/mol. The van der Waals surface area contributed by atoms with E-state index in [-0.39, 0.29) is 10.9 Å². The molecule has 17 heavy (non-hydrogen) atoms. The van der Waals surface area contributed by atoms with E-state index < -0.39 is 11.7 Å². The van der Waals surface area contributed by atoms with Crippen molar-refractivity contribution in [1.82, 2.24) is 0 Å². The Kier molecular flexibility index (Phi) is 5.19. The van der Waals surface area contributed by atoms with Gasteiger partial charge in [0, 0.05) is 11.8 Å². The molecule has 1 N–H and O–H groups in total. The molecule has 0 fully saturated rings. The van der Waals surface area contributed by atoms with Gasteiger partial charge in [-0.1, -0.05) is 40.9 Å². The lowest BCUT2D eigenvalue weighted by atomic mass is 10.2. The van der Waals surface area contributed by atoms with Crippen LogP contribution in [0.3, 0.4) is 0 Å². The lowest BCUT2D eigenvalue weighted by molar-refractivity contribution is -0.122. The van der Waals surface area contributed by atoms with Crippen LogP contribution < -0.4 is 5.32 Å². The Labute approximate surface area is 109 Å². The predicted molar refractivity (Wildman–Crippen MR) is 69.2 cm³/mol.